The van der Waals surface area contributed by atoms with Gasteiger partial charge in [0.15, 0.2) is 0 Å². The molecule has 1 heterocycles. The third kappa shape index (κ3) is 5.57. The van der Waals surface area contributed by atoms with E-state index in [2.05, 4.69) is 10.3 Å². The Morgan fingerprint density at radius 2 is 2.20 bits per heavy atom. The maximum absolute atomic E-state index is 11.9. The maximum atomic E-state index is 11.9. The molecule has 0 saturated carbocycles. The Balaban J connectivity index is 2.54. The van der Waals surface area contributed by atoms with Gasteiger partial charge in [0.05, 0.1) is 6.10 Å². The van der Waals surface area contributed by atoms with Crippen molar-refractivity contribution in [3.63, 3.8) is 0 Å². The van der Waals surface area contributed by atoms with Crippen molar-refractivity contribution in [2.75, 3.05) is 6.54 Å². The molecule has 5 nitrogen and oxygen atoms in total. The number of aromatic nitrogens is 1. The Labute approximate surface area is 120 Å². The van der Waals surface area contributed by atoms with Crippen LogP contribution in [0, 0.1) is 5.92 Å². The number of carbonyl (C=O) groups excluding carboxylic acids is 1. The standard InChI is InChI=1S/C15H25N3O2/c1-11(2)20-15-13(7-5-9-17-15)10-18-14(19)12(3)6-4-8-16/h5,7,9,11-12H,4,6,8,10,16H2,1-3H3,(H,18,19). The zero-order chi connectivity index (χ0) is 15.0. The van der Waals surface area contributed by atoms with E-state index < -0.39 is 0 Å². The van der Waals surface area contributed by atoms with Crippen LogP contribution >= 0.6 is 0 Å². The monoisotopic (exact) mass is 279 g/mol. The van der Waals surface area contributed by atoms with Gasteiger partial charge >= 0.3 is 0 Å². The molecule has 112 valence electrons. The maximum Gasteiger partial charge on any atom is 0.223 e. The first-order valence-corrected chi connectivity index (χ1v) is 7.13. The van der Waals surface area contributed by atoms with E-state index in [-0.39, 0.29) is 17.9 Å². The van der Waals surface area contributed by atoms with Gasteiger partial charge in [0.2, 0.25) is 11.8 Å². The van der Waals surface area contributed by atoms with E-state index in [1.54, 1.807) is 6.20 Å². The molecule has 0 aliphatic heterocycles. The second-order valence-corrected chi connectivity index (χ2v) is 5.18. The van der Waals surface area contributed by atoms with Crippen molar-refractivity contribution in [1.82, 2.24) is 10.3 Å². The molecule has 0 saturated heterocycles. The van der Waals surface area contributed by atoms with Crippen molar-refractivity contribution in [2.45, 2.75) is 46.3 Å². The third-order valence-electron chi connectivity index (χ3n) is 2.94. The number of carbonyl (C=O) groups is 1. The summed E-state index contributed by atoms with van der Waals surface area (Å²) < 4.78 is 5.62. The number of rotatable bonds is 8. The van der Waals surface area contributed by atoms with Crippen LogP contribution in [0.15, 0.2) is 18.3 Å². The summed E-state index contributed by atoms with van der Waals surface area (Å²) in [4.78, 5) is 16.1. The second kappa shape index (κ2) is 8.53. The van der Waals surface area contributed by atoms with E-state index in [9.17, 15) is 4.79 Å². The molecule has 0 aliphatic carbocycles. The average molecular weight is 279 g/mol. The summed E-state index contributed by atoms with van der Waals surface area (Å²) >= 11 is 0. The quantitative estimate of drug-likeness (QED) is 0.761. The fourth-order valence-corrected chi connectivity index (χ4v) is 1.80. The number of pyridine rings is 1. The van der Waals surface area contributed by atoms with Gasteiger partial charge < -0.3 is 15.8 Å². The van der Waals surface area contributed by atoms with Gasteiger partial charge in [-0.1, -0.05) is 13.0 Å². The van der Waals surface area contributed by atoms with Gasteiger partial charge in [0.1, 0.15) is 0 Å². The van der Waals surface area contributed by atoms with Gasteiger partial charge in [-0.25, -0.2) is 4.98 Å². The summed E-state index contributed by atoms with van der Waals surface area (Å²) in [7, 11) is 0. The molecular weight excluding hydrogens is 254 g/mol. The first kappa shape index (κ1) is 16.4. The highest BCUT2D eigenvalue weighted by Crippen LogP contribution is 2.16. The number of ether oxygens (including phenoxy) is 1. The number of nitrogens with one attached hydrogen (secondary N) is 1. The Hall–Kier alpha value is -1.62. The molecule has 1 unspecified atom stereocenters. The molecule has 1 aromatic rings. The third-order valence-corrected chi connectivity index (χ3v) is 2.94. The predicted octanol–water partition coefficient (Wildman–Crippen LogP) is 1.86. The minimum Gasteiger partial charge on any atom is -0.475 e. The summed E-state index contributed by atoms with van der Waals surface area (Å²) in [5.41, 5.74) is 6.34. The normalized spacial score (nSPS) is 12.2. The van der Waals surface area contributed by atoms with Crippen molar-refractivity contribution in [1.29, 1.82) is 0 Å². The Morgan fingerprint density at radius 3 is 2.85 bits per heavy atom. The Bertz CT molecular complexity index is 421. The van der Waals surface area contributed by atoms with Gasteiger partial charge in [0.25, 0.3) is 0 Å². The van der Waals surface area contributed by atoms with Crippen LogP contribution in [-0.2, 0) is 11.3 Å². The van der Waals surface area contributed by atoms with Crippen LogP contribution in [-0.4, -0.2) is 23.5 Å². The molecule has 1 amide bonds. The minimum absolute atomic E-state index is 0.0234. The molecule has 0 spiro atoms. The summed E-state index contributed by atoms with van der Waals surface area (Å²) in [5.74, 6) is 0.597. The summed E-state index contributed by atoms with van der Waals surface area (Å²) in [6, 6.07) is 3.75. The highest BCUT2D eigenvalue weighted by atomic mass is 16.5. The first-order chi connectivity index (χ1) is 9.54. The lowest BCUT2D eigenvalue weighted by molar-refractivity contribution is -0.124. The van der Waals surface area contributed by atoms with Crippen LogP contribution < -0.4 is 15.8 Å². The van der Waals surface area contributed by atoms with Crippen LogP contribution in [0.2, 0.25) is 0 Å². The number of hydrogen-bond donors (Lipinski definition) is 2. The zero-order valence-electron chi connectivity index (χ0n) is 12.6. The van der Waals surface area contributed by atoms with E-state index in [4.69, 9.17) is 10.5 Å². The SMILES string of the molecule is CC(C)Oc1ncccc1CNC(=O)C(C)CCCN. The largest absolute Gasteiger partial charge is 0.475 e. The van der Waals surface area contributed by atoms with Crippen molar-refractivity contribution < 1.29 is 9.53 Å². The van der Waals surface area contributed by atoms with Crippen LogP contribution in [0.1, 0.15) is 39.2 Å². The number of nitrogens with two attached hydrogens (primary N) is 1. The molecule has 0 fully saturated rings. The predicted molar refractivity (Wildman–Crippen MR) is 79.3 cm³/mol. The van der Waals surface area contributed by atoms with Crippen molar-refractivity contribution in [3.05, 3.63) is 23.9 Å². The Kier molecular flexibility index (Phi) is 7.01. The van der Waals surface area contributed by atoms with E-state index in [0.717, 1.165) is 18.4 Å². The average Bonchev–Trinajstić information content (AvgIpc) is 2.42. The van der Waals surface area contributed by atoms with E-state index in [0.29, 0.717) is 19.0 Å². The molecule has 0 bridgehead atoms. The van der Waals surface area contributed by atoms with E-state index >= 15 is 0 Å². The van der Waals surface area contributed by atoms with Gasteiger partial charge in [-0.2, -0.15) is 0 Å². The minimum atomic E-state index is -0.0234. The summed E-state index contributed by atoms with van der Waals surface area (Å²) in [5, 5.41) is 2.92. The molecule has 1 rings (SSSR count). The summed E-state index contributed by atoms with van der Waals surface area (Å²) in [6.45, 7) is 6.87. The van der Waals surface area contributed by atoms with Crippen molar-refractivity contribution in [2.24, 2.45) is 11.7 Å². The lowest BCUT2D eigenvalue weighted by Gasteiger charge is -2.15. The van der Waals surface area contributed by atoms with Gasteiger partial charge in [-0.05, 0) is 39.3 Å². The first-order valence-electron chi connectivity index (χ1n) is 7.13. The molecule has 1 atom stereocenters. The number of amides is 1. The lowest BCUT2D eigenvalue weighted by atomic mass is 10.0. The molecular formula is C15H25N3O2. The fourth-order valence-electron chi connectivity index (χ4n) is 1.80. The molecule has 0 aromatic carbocycles. The highest BCUT2D eigenvalue weighted by molar-refractivity contribution is 5.78. The molecule has 1 aromatic heterocycles. The summed E-state index contributed by atoms with van der Waals surface area (Å²) in [6.07, 6.45) is 3.42. The number of nitrogens with zero attached hydrogens (tertiary/aromatic N) is 1. The second-order valence-electron chi connectivity index (χ2n) is 5.18. The molecule has 0 aliphatic rings. The molecule has 3 N–H and O–H groups in total. The lowest BCUT2D eigenvalue weighted by Crippen LogP contribution is -2.29. The molecule has 0 radical (unpaired) electrons. The smallest absolute Gasteiger partial charge is 0.223 e. The van der Waals surface area contributed by atoms with Crippen LogP contribution in [0.25, 0.3) is 0 Å². The van der Waals surface area contributed by atoms with Crippen LogP contribution in [0.4, 0.5) is 0 Å². The van der Waals surface area contributed by atoms with Crippen molar-refractivity contribution in [3.8, 4) is 5.88 Å². The highest BCUT2D eigenvalue weighted by Gasteiger charge is 2.13. The van der Waals surface area contributed by atoms with Gasteiger partial charge in [0, 0.05) is 24.2 Å². The zero-order valence-corrected chi connectivity index (χ0v) is 12.6. The van der Waals surface area contributed by atoms with Gasteiger partial charge in [-0.3, -0.25) is 4.79 Å². The fraction of sp³-hybridized carbons (Fsp3) is 0.600. The van der Waals surface area contributed by atoms with Crippen molar-refractivity contribution >= 4 is 5.91 Å². The Morgan fingerprint density at radius 1 is 1.45 bits per heavy atom. The van der Waals surface area contributed by atoms with E-state index in [1.807, 2.05) is 32.9 Å². The van der Waals surface area contributed by atoms with Gasteiger partial charge in [-0.15, -0.1) is 0 Å². The molecule has 20 heavy (non-hydrogen) atoms. The van der Waals surface area contributed by atoms with E-state index in [1.165, 1.54) is 0 Å². The molecule has 5 heteroatoms. The number of hydrogen-bond acceptors (Lipinski definition) is 4. The van der Waals surface area contributed by atoms with Crippen LogP contribution in [0.3, 0.4) is 0 Å². The topological polar surface area (TPSA) is 77.2 Å². The van der Waals surface area contributed by atoms with Crippen LogP contribution in [0.5, 0.6) is 5.88 Å².